The molecule has 0 radical (unpaired) electrons. The summed E-state index contributed by atoms with van der Waals surface area (Å²) < 4.78 is 41.6. The van der Waals surface area contributed by atoms with Crippen molar-refractivity contribution in [1.29, 1.82) is 0 Å². The van der Waals surface area contributed by atoms with Gasteiger partial charge >= 0.3 is 0 Å². The maximum Gasteiger partial charge on any atom is 0.280 e. The number of hydrogen-bond acceptors (Lipinski definition) is 5. The van der Waals surface area contributed by atoms with Gasteiger partial charge < -0.3 is 4.90 Å². The molecular formula is C19H19F3N6O. The number of likely N-dealkylation sites (tertiary alicyclic amines) is 1. The van der Waals surface area contributed by atoms with Crippen molar-refractivity contribution < 1.29 is 18.0 Å². The van der Waals surface area contributed by atoms with Crippen molar-refractivity contribution in [1.82, 2.24) is 29.5 Å². The van der Waals surface area contributed by atoms with Gasteiger partial charge in [-0.05, 0) is 37.5 Å². The van der Waals surface area contributed by atoms with Gasteiger partial charge in [-0.2, -0.15) is 10.1 Å². The molecule has 0 aromatic carbocycles. The van der Waals surface area contributed by atoms with E-state index in [9.17, 15) is 18.0 Å². The molecule has 0 aliphatic carbocycles. The average Bonchev–Trinajstić information content (AvgIpc) is 3.18. The zero-order valence-corrected chi connectivity index (χ0v) is 15.9. The van der Waals surface area contributed by atoms with Crippen LogP contribution in [0.15, 0.2) is 24.5 Å². The van der Waals surface area contributed by atoms with Crippen molar-refractivity contribution in [3.63, 3.8) is 0 Å². The quantitative estimate of drug-likeness (QED) is 0.670. The molecule has 1 amide bonds. The Hall–Kier alpha value is -3.04. The smallest absolute Gasteiger partial charge is 0.280 e. The molecule has 0 N–H and O–H groups in total. The summed E-state index contributed by atoms with van der Waals surface area (Å²) >= 11 is 0. The molecule has 0 unspecified atom stereocenters. The second-order valence-corrected chi connectivity index (χ2v) is 7.27. The normalized spacial score (nSPS) is 19.9. The van der Waals surface area contributed by atoms with Crippen LogP contribution in [-0.2, 0) is 0 Å². The molecule has 7 nitrogen and oxygen atoms in total. The number of halogens is 3. The van der Waals surface area contributed by atoms with Gasteiger partial charge in [-0.15, -0.1) is 0 Å². The number of alkyl halides is 2. The third kappa shape index (κ3) is 3.54. The van der Waals surface area contributed by atoms with Crippen molar-refractivity contribution >= 4 is 11.7 Å². The number of piperidine rings is 1. The lowest BCUT2D eigenvalue weighted by atomic mass is 9.84. The topological polar surface area (TPSA) is 76.3 Å². The molecule has 3 aromatic heterocycles. The van der Waals surface area contributed by atoms with E-state index in [0.29, 0.717) is 25.2 Å². The molecular weight excluding hydrogens is 385 g/mol. The number of pyridine rings is 1. The van der Waals surface area contributed by atoms with E-state index < -0.39 is 12.2 Å². The minimum Gasteiger partial charge on any atom is -0.337 e. The van der Waals surface area contributed by atoms with E-state index in [1.807, 2.05) is 6.92 Å². The fraction of sp³-hybridized carbons (Fsp3) is 0.421. The highest BCUT2D eigenvalue weighted by Crippen LogP contribution is 2.34. The summed E-state index contributed by atoms with van der Waals surface area (Å²) in [6.45, 7) is 4.32. The molecule has 0 spiro atoms. The summed E-state index contributed by atoms with van der Waals surface area (Å²) in [6, 6.07) is 3.91. The molecule has 0 saturated carbocycles. The van der Waals surface area contributed by atoms with Gasteiger partial charge in [-0.1, -0.05) is 6.92 Å². The number of hydrogen-bond donors (Lipinski definition) is 0. The summed E-state index contributed by atoms with van der Waals surface area (Å²) in [5.41, 5.74) is 0.479. The number of amides is 1. The van der Waals surface area contributed by atoms with E-state index in [1.54, 1.807) is 4.90 Å². The van der Waals surface area contributed by atoms with E-state index in [4.69, 9.17) is 0 Å². The van der Waals surface area contributed by atoms with E-state index in [2.05, 4.69) is 20.1 Å². The monoisotopic (exact) mass is 404 g/mol. The first-order chi connectivity index (χ1) is 13.8. The number of nitrogens with zero attached hydrogens (tertiary/aromatic N) is 6. The second-order valence-electron chi connectivity index (χ2n) is 7.27. The second kappa shape index (κ2) is 7.41. The minimum atomic E-state index is -2.74. The minimum absolute atomic E-state index is 0.101. The standard InChI is InChI=1S/C19H19F3N6O/c1-10-5-6-27(18(29)14-4-3-13(20)11(2)25-14)8-12(10)16-7-15(17(21)22)26-19-23-9-24-28(16)19/h3-4,7,9-10,12,17H,5-6,8H2,1-2H3/t10-,12+/m0/s1. The SMILES string of the molecule is Cc1nc(C(=O)N2CC[C@H](C)[C@H](c3cc(C(F)F)nc4ncnn34)C2)ccc1F. The van der Waals surface area contributed by atoms with Gasteiger partial charge in [0.2, 0.25) is 0 Å². The van der Waals surface area contributed by atoms with E-state index in [-0.39, 0.29) is 40.6 Å². The van der Waals surface area contributed by atoms with E-state index in [0.717, 1.165) is 0 Å². The number of fused-ring (bicyclic) bond motifs is 1. The van der Waals surface area contributed by atoms with Crippen LogP contribution in [0.3, 0.4) is 0 Å². The lowest BCUT2D eigenvalue weighted by Gasteiger charge is -2.37. The molecule has 3 aromatic rings. The maximum absolute atomic E-state index is 13.5. The van der Waals surface area contributed by atoms with Crippen LogP contribution >= 0.6 is 0 Å². The Bertz CT molecular complexity index is 1070. The first-order valence-electron chi connectivity index (χ1n) is 9.26. The molecule has 1 saturated heterocycles. The van der Waals surface area contributed by atoms with Crippen LogP contribution in [0.4, 0.5) is 13.2 Å². The van der Waals surface area contributed by atoms with Crippen LogP contribution in [0.5, 0.6) is 0 Å². The number of aryl methyl sites for hydroxylation is 1. The Morgan fingerprint density at radius 3 is 2.79 bits per heavy atom. The third-order valence-electron chi connectivity index (χ3n) is 5.39. The first-order valence-corrected chi connectivity index (χ1v) is 9.26. The molecule has 2 atom stereocenters. The van der Waals surface area contributed by atoms with Crippen LogP contribution in [0, 0.1) is 18.7 Å². The number of carbonyl (C=O) groups excluding carboxylic acids is 1. The largest absolute Gasteiger partial charge is 0.337 e. The number of rotatable bonds is 3. The Morgan fingerprint density at radius 2 is 2.07 bits per heavy atom. The first kappa shape index (κ1) is 19.3. The molecule has 29 heavy (non-hydrogen) atoms. The summed E-state index contributed by atoms with van der Waals surface area (Å²) in [7, 11) is 0. The summed E-state index contributed by atoms with van der Waals surface area (Å²) in [6.07, 6.45) is -0.791. The van der Waals surface area contributed by atoms with Gasteiger partial charge in [0.25, 0.3) is 18.1 Å². The van der Waals surface area contributed by atoms with Gasteiger partial charge in [0.05, 0.1) is 11.4 Å². The van der Waals surface area contributed by atoms with Crippen molar-refractivity contribution in [2.75, 3.05) is 13.1 Å². The van der Waals surface area contributed by atoms with Crippen LogP contribution in [-0.4, -0.2) is 48.5 Å². The van der Waals surface area contributed by atoms with Crippen molar-refractivity contribution in [3.8, 4) is 0 Å². The van der Waals surface area contributed by atoms with Crippen molar-refractivity contribution in [2.45, 2.75) is 32.6 Å². The fourth-order valence-corrected chi connectivity index (χ4v) is 3.69. The van der Waals surface area contributed by atoms with Crippen molar-refractivity contribution in [2.24, 2.45) is 5.92 Å². The highest BCUT2D eigenvalue weighted by Gasteiger charge is 2.33. The van der Waals surface area contributed by atoms with E-state index in [1.165, 1.54) is 36.0 Å². The van der Waals surface area contributed by atoms with Crippen LogP contribution in [0.1, 0.15) is 53.3 Å². The van der Waals surface area contributed by atoms with Gasteiger partial charge in [0, 0.05) is 19.0 Å². The molecule has 4 heterocycles. The molecule has 1 aliphatic rings. The van der Waals surface area contributed by atoms with Crippen LogP contribution in [0.2, 0.25) is 0 Å². The molecule has 1 aliphatic heterocycles. The summed E-state index contributed by atoms with van der Waals surface area (Å²) in [4.78, 5) is 26.4. The molecule has 1 fully saturated rings. The lowest BCUT2D eigenvalue weighted by Crippen LogP contribution is -2.43. The highest BCUT2D eigenvalue weighted by molar-refractivity contribution is 5.92. The lowest BCUT2D eigenvalue weighted by molar-refractivity contribution is 0.0659. The Balaban J connectivity index is 1.68. The van der Waals surface area contributed by atoms with Crippen LogP contribution in [0.25, 0.3) is 5.78 Å². The molecule has 10 heteroatoms. The molecule has 0 bridgehead atoms. The zero-order valence-electron chi connectivity index (χ0n) is 15.9. The Labute approximate surface area is 164 Å². The highest BCUT2D eigenvalue weighted by atomic mass is 19.3. The summed E-state index contributed by atoms with van der Waals surface area (Å²) in [5, 5.41) is 4.12. The maximum atomic E-state index is 13.5. The number of aromatic nitrogens is 5. The zero-order chi connectivity index (χ0) is 20.7. The molecule has 152 valence electrons. The van der Waals surface area contributed by atoms with Gasteiger partial charge in [-0.25, -0.2) is 27.7 Å². The van der Waals surface area contributed by atoms with E-state index >= 15 is 0 Å². The van der Waals surface area contributed by atoms with Crippen molar-refractivity contribution in [3.05, 3.63) is 53.1 Å². The fourth-order valence-electron chi connectivity index (χ4n) is 3.69. The third-order valence-corrected chi connectivity index (χ3v) is 5.39. The predicted octanol–water partition coefficient (Wildman–Crippen LogP) is 3.17. The van der Waals surface area contributed by atoms with Gasteiger partial charge in [0.15, 0.2) is 0 Å². The average molecular weight is 404 g/mol. The Morgan fingerprint density at radius 1 is 1.28 bits per heavy atom. The van der Waals surface area contributed by atoms with Crippen LogP contribution < -0.4 is 0 Å². The molecule has 4 rings (SSSR count). The predicted molar refractivity (Wildman–Crippen MR) is 97.1 cm³/mol. The Kier molecular flexibility index (Phi) is 4.93. The summed E-state index contributed by atoms with van der Waals surface area (Å²) in [5.74, 6) is -0.801. The number of carbonyl (C=O) groups is 1. The van der Waals surface area contributed by atoms with Gasteiger partial charge in [0.1, 0.15) is 23.5 Å². The van der Waals surface area contributed by atoms with Gasteiger partial charge in [-0.3, -0.25) is 4.79 Å².